The first-order valence-electron chi connectivity index (χ1n) is 12.3. The molecule has 1 aromatic heterocycles. The van der Waals surface area contributed by atoms with Crippen molar-refractivity contribution in [1.29, 1.82) is 0 Å². The van der Waals surface area contributed by atoms with Crippen LogP contribution in [0.25, 0.3) is 11.1 Å². The molecule has 2 amide bonds. The summed E-state index contributed by atoms with van der Waals surface area (Å²) in [6.45, 7) is 0.706. The molecule has 0 bridgehead atoms. The van der Waals surface area contributed by atoms with E-state index in [1.54, 1.807) is 24.3 Å². The van der Waals surface area contributed by atoms with E-state index in [1.165, 1.54) is 5.69 Å². The van der Waals surface area contributed by atoms with E-state index in [0.29, 0.717) is 23.4 Å². The number of anilines is 3. The average Bonchev–Trinajstić information content (AvgIpc) is 3.14. The first-order chi connectivity index (χ1) is 17.6. The largest absolute Gasteiger partial charge is 0.387 e. The van der Waals surface area contributed by atoms with Crippen molar-refractivity contribution >= 4 is 28.9 Å². The molecule has 36 heavy (non-hydrogen) atoms. The minimum Gasteiger partial charge on any atom is -0.387 e. The molecule has 5 rings (SSSR count). The van der Waals surface area contributed by atoms with Gasteiger partial charge in [0.15, 0.2) is 0 Å². The number of amides is 2. The predicted octanol–water partition coefficient (Wildman–Crippen LogP) is 5.97. The van der Waals surface area contributed by atoms with Crippen LogP contribution in [0.15, 0.2) is 85.1 Å². The van der Waals surface area contributed by atoms with Gasteiger partial charge in [-0.1, -0.05) is 42.5 Å². The molecule has 6 nitrogen and oxygen atoms in total. The van der Waals surface area contributed by atoms with Gasteiger partial charge in [0.2, 0.25) is 0 Å². The summed E-state index contributed by atoms with van der Waals surface area (Å²) in [6, 6.07) is 24.8. The SMILES string of the molecule is CNc1cccc(-c2ccccc2)c1C(=O)Nc1ccc(C(=O)N2CCCCc3c2ccn3C)cc1. The van der Waals surface area contributed by atoms with E-state index < -0.39 is 0 Å². The number of hydrogen-bond acceptors (Lipinski definition) is 3. The van der Waals surface area contributed by atoms with Crippen LogP contribution in [0.1, 0.15) is 39.3 Å². The summed E-state index contributed by atoms with van der Waals surface area (Å²) in [5, 5.41) is 6.15. The van der Waals surface area contributed by atoms with Gasteiger partial charge in [-0.25, -0.2) is 0 Å². The summed E-state index contributed by atoms with van der Waals surface area (Å²) in [6.07, 6.45) is 5.04. The summed E-state index contributed by atoms with van der Waals surface area (Å²) in [7, 11) is 3.84. The molecule has 0 fully saturated rings. The Bertz CT molecular complexity index is 1390. The number of carbonyl (C=O) groups excluding carboxylic acids is 2. The zero-order chi connectivity index (χ0) is 25.1. The third-order valence-electron chi connectivity index (χ3n) is 6.79. The van der Waals surface area contributed by atoms with Crippen LogP contribution in [0.3, 0.4) is 0 Å². The van der Waals surface area contributed by atoms with Crippen LogP contribution in [0.5, 0.6) is 0 Å². The van der Waals surface area contributed by atoms with Crippen LogP contribution in [0.2, 0.25) is 0 Å². The van der Waals surface area contributed by atoms with Gasteiger partial charge in [-0.15, -0.1) is 0 Å². The monoisotopic (exact) mass is 478 g/mol. The van der Waals surface area contributed by atoms with Crippen molar-refractivity contribution in [2.45, 2.75) is 19.3 Å². The smallest absolute Gasteiger partial charge is 0.258 e. The summed E-state index contributed by atoms with van der Waals surface area (Å²) in [5.41, 5.74) is 6.58. The molecule has 0 saturated heterocycles. The Morgan fingerprint density at radius 3 is 2.39 bits per heavy atom. The Morgan fingerprint density at radius 1 is 0.861 bits per heavy atom. The molecule has 0 unspecified atom stereocenters. The molecule has 6 heteroatoms. The van der Waals surface area contributed by atoms with E-state index in [9.17, 15) is 9.59 Å². The molecular weight excluding hydrogens is 448 g/mol. The lowest BCUT2D eigenvalue weighted by Gasteiger charge is -2.21. The maximum atomic E-state index is 13.4. The molecule has 182 valence electrons. The number of fused-ring (bicyclic) bond motifs is 1. The van der Waals surface area contributed by atoms with Crippen LogP contribution in [-0.2, 0) is 13.5 Å². The fraction of sp³-hybridized carbons (Fsp3) is 0.200. The van der Waals surface area contributed by atoms with Crippen molar-refractivity contribution in [2.75, 3.05) is 29.1 Å². The van der Waals surface area contributed by atoms with Gasteiger partial charge >= 0.3 is 0 Å². The number of nitrogens with zero attached hydrogens (tertiary/aromatic N) is 2. The lowest BCUT2D eigenvalue weighted by molar-refractivity contribution is 0.0985. The fourth-order valence-electron chi connectivity index (χ4n) is 4.90. The normalized spacial score (nSPS) is 13.0. The third-order valence-corrected chi connectivity index (χ3v) is 6.79. The van der Waals surface area contributed by atoms with E-state index in [-0.39, 0.29) is 11.8 Å². The minimum absolute atomic E-state index is 0.0193. The maximum Gasteiger partial charge on any atom is 0.258 e. The second-order valence-corrected chi connectivity index (χ2v) is 9.05. The highest BCUT2D eigenvalue weighted by atomic mass is 16.2. The minimum atomic E-state index is -0.209. The second-order valence-electron chi connectivity index (χ2n) is 9.05. The molecule has 1 aliphatic heterocycles. The Balaban J connectivity index is 1.38. The van der Waals surface area contributed by atoms with Crippen molar-refractivity contribution in [3.63, 3.8) is 0 Å². The zero-order valence-corrected chi connectivity index (χ0v) is 20.6. The number of rotatable bonds is 5. The topological polar surface area (TPSA) is 66.4 Å². The zero-order valence-electron chi connectivity index (χ0n) is 20.6. The second kappa shape index (κ2) is 10.1. The summed E-state index contributed by atoms with van der Waals surface area (Å²) >= 11 is 0. The standard InChI is InChI=1S/C30H30N4O2/c1-31-25-12-8-11-24(21-9-4-3-5-10-21)28(25)29(35)32-23-16-14-22(15-17-23)30(36)34-19-7-6-13-26-27(34)18-20-33(26)2/h3-5,8-12,14-18,20,31H,6-7,13,19H2,1-2H3,(H,32,35). The van der Waals surface area contributed by atoms with Crippen molar-refractivity contribution < 1.29 is 9.59 Å². The van der Waals surface area contributed by atoms with Gasteiger partial charge in [-0.3, -0.25) is 9.59 Å². The first kappa shape index (κ1) is 23.4. The number of hydrogen-bond donors (Lipinski definition) is 2. The molecule has 0 atom stereocenters. The molecule has 0 saturated carbocycles. The number of benzene rings is 3. The number of aryl methyl sites for hydroxylation is 1. The third kappa shape index (κ3) is 4.50. The van der Waals surface area contributed by atoms with Crippen LogP contribution in [-0.4, -0.2) is 30.0 Å². The van der Waals surface area contributed by atoms with Crippen LogP contribution < -0.4 is 15.5 Å². The molecule has 0 aliphatic carbocycles. The van der Waals surface area contributed by atoms with E-state index in [0.717, 1.165) is 41.8 Å². The van der Waals surface area contributed by atoms with E-state index >= 15 is 0 Å². The lowest BCUT2D eigenvalue weighted by Crippen LogP contribution is -2.31. The van der Waals surface area contributed by atoms with Crippen molar-refractivity contribution in [3.8, 4) is 11.1 Å². The summed E-state index contributed by atoms with van der Waals surface area (Å²) in [4.78, 5) is 28.7. The Labute approximate surface area is 211 Å². The molecule has 2 heterocycles. The molecule has 1 aliphatic rings. The van der Waals surface area contributed by atoms with E-state index in [1.807, 2.05) is 79.8 Å². The van der Waals surface area contributed by atoms with Crippen LogP contribution >= 0.6 is 0 Å². The van der Waals surface area contributed by atoms with E-state index in [4.69, 9.17) is 0 Å². The summed E-state index contributed by atoms with van der Waals surface area (Å²) < 4.78 is 2.10. The van der Waals surface area contributed by atoms with Crippen molar-refractivity contribution in [1.82, 2.24) is 4.57 Å². The van der Waals surface area contributed by atoms with Crippen LogP contribution in [0, 0.1) is 0 Å². The Hall–Kier alpha value is -4.32. The quantitative estimate of drug-likeness (QED) is 0.371. The highest BCUT2D eigenvalue weighted by Crippen LogP contribution is 2.31. The molecular formula is C30H30N4O2. The molecule has 0 radical (unpaired) electrons. The highest BCUT2D eigenvalue weighted by molar-refractivity contribution is 6.13. The number of carbonyl (C=O) groups is 2. The van der Waals surface area contributed by atoms with Gasteiger partial charge < -0.3 is 20.1 Å². The highest BCUT2D eigenvalue weighted by Gasteiger charge is 2.24. The number of aromatic nitrogens is 1. The summed E-state index contributed by atoms with van der Waals surface area (Å²) in [5.74, 6) is -0.228. The molecule has 0 spiro atoms. The van der Waals surface area contributed by atoms with Gasteiger partial charge in [0.05, 0.1) is 11.3 Å². The van der Waals surface area contributed by atoms with Gasteiger partial charge in [-0.2, -0.15) is 0 Å². The first-order valence-corrected chi connectivity index (χ1v) is 12.3. The molecule has 3 aromatic carbocycles. The Morgan fingerprint density at radius 2 is 1.64 bits per heavy atom. The number of nitrogens with one attached hydrogen (secondary N) is 2. The van der Waals surface area contributed by atoms with Gasteiger partial charge in [0.25, 0.3) is 11.8 Å². The van der Waals surface area contributed by atoms with Gasteiger partial charge in [0, 0.05) is 49.5 Å². The van der Waals surface area contributed by atoms with Crippen LogP contribution in [0.4, 0.5) is 17.1 Å². The molecule has 2 N–H and O–H groups in total. The van der Waals surface area contributed by atoms with Gasteiger partial charge in [-0.05, 0) is 66.8 Å². The fourth-order valence-corrected chi connectivity index (χ4v) is 4.90. The Kier molecular flexibility index (Phi) is 6.58. The average molecular weight is 479 g/mol. The van der Waals surface area contributed by atoms with Crippen molar-refractivity contribution in [2.24, 2.45) is 7.05 Å². The van der Waals surface area contributed by atoms with Crippen molar-refractivity contribution in [3.05, 3.63) is 102 Å². The van der Waals surface area contributed by atoms with E-state index in [2.05, 4.69) is 15.2 Å². The predicted molar refractivity (Wildman–Crippen MR) is 146 cm³/mol. The maximum absolute atomic E-state index is 13.4. The lowest BCUT2D eigenvalue weighted by atomic mass is 9.97. The van der Waals surface area contributed by atoms with Gasteiger partial charge in [0.1, 0.15) is 0 Å². The molecule has 4 aromatic rings.